The molecule has 0 amide bonds. The number of allylic oxidation sites excluding steroid dienone is 3. The van der Waals surface area contributed by atoms with E-state index in [4.69, 9.17) is 0 Å². The van der Waals surface area contributed by atoms with Gasteiger partial charge in [-0.25, -0.2) is 0 Å². The first-order valence-electron chi connectivity index (χ1n) is 6.09. The first-order valence-corrected chi connectivity index (χ1v) is 6.75. The minimum Gasteiger partial charge on any atom is -0.373 e. The molecule has 1 aromatic carbocycles. The Kier molecular flexibility index (Phi) is 3.98. The van der Waals surface area contributed by atoms with Crippen molar-refractivity contribution in [2.75, 3.05) is 5.32 Å². The summed E-state index contributed by atoms with van der Waals surface area (Å²) in [7, 11) is 2.79. The second kappa shape index (κ2) is 5.49. The van der Waals surface area contributed by atoms with Gasteiger partial charge in [-0.3, -0.25) is 4.99 Å². The normalized spacial score (nSPS) is 18.9. The highest BCUT2D eigenvalue weighted by Crippen LogP contribution is 2.23. The molecule has 1 aliphatic rings. The van der Waals surface area contributed by atoms with Crippen LogP contribution in [0, 0.1) is 5.41 Å². The summed E-state index contributed by atoms with van der Waals surface area (Å²) in [5.41, 5.74) is 2.14. The Balaban J connectivity index is 2.09. The molecule has 3 heteroatoms. The van der Waals surface area contributed by atoms with E-state index in [2.05, 4.69) is 63.8 Å². The monoisotopic (exact) mass is 258 g/mol. The highest BCUT2D eigenvalue weighted by Gasteiger charge is 2.14. The van der Waals surface area contributed by atoms with Crippen LogP contribution in [-0.2, 0) is 0 Å². The van der Waals surface area contributed by atoms with E-state index in [-0.39, 0.29) is 11.2 Å². The van der Waals surface area contributed by atoms with Crippen molar-refractivity contribution in [3.05, 3.63) is 54.3 Å². The van der Waals surface area contributed by atoms with Crippen LogP contribution in [0.4, 0.5) is 5.69 Å². The van der Waals surface area contributed by atoms with Crippen molar-refractivity contribution in [2.45, 2.75) is 19.6 Å². The van der Waals surface area contributed by atoms with E-state index in [0.717, 1.165) is 11.4 Å². The Morgan fingerprint density at radius 2 is 1.94 bits per heavy atom. The number of aliphatic imine (C=N–C) groups is 1. The number of para-hydroxylation sites is 1. The average molecular weight is 258 g/mol. The molecule has 1 aliphatic heterocycles. The molecule has 18 heavy (non-hydrogen) atoms. The number of nitrogens with zero attached hydrogens (tertiary/aromatic N) is 1. The molecular formula is C15H19N2P. The van der Waals surface area contributed by atoms with Crippen molar-refractivity contribution in [1.29, 1.82) is 0 Å². The Hall–Kier alpha value is -1.40. The van der Waals surface area contributed by atoms with Crippen molar-refractivity contribution in [3.8, 4) is 0 Å². The van der Waals surface area contributed by atoms with E-state index in [1.807, 2.05) is 24.4 Å². The minimum absolute atomic E-state index is 0.0232. The van der Waals surface area contributed by atoms with Gasteiger partial charge >= 0.3 is 0 Å². The van der Waals surface area contributed by atoms with Crippen LogP contribution in [0.2, 0.25) is 0 Å². The molecule has 0 bridgehead atoms. The lowest BCUT2D eigenvalue weighted by Gasteiger charge is -2.16. The van der Waals surface area contributed by atoms with Gasteiger partial charge in [0, 0.05) is 17.3 Å². The van der Waals surface area contributed by atoms with Crippen molar-refractivity contribution in [2.24, 2.45) is 10.4 Å². The van der Waals surface area contributed by atoms with Gasteiger partial charge in [-0.2, -0.15) is 0 Å². The molecule has 94 valence electrons. The number of hydrogen-bond donors (Lipinski definition) is 1. The zero-order valence-corrected chi connectivity index (χ0v) is 12.0. The Morgan fingerprint density at radius 3 is 2.67 bits per heavy atom. The molecule has 1 heterocycles. The van der Waals surface area contributed by atoms with Crippen LogP contribution in [0.3, 0.4) is 0 Å². The molecule has 2 atom stereocenters. The zero-order valence-electron chi connectivity index (χ0n) is 10.8. The topological polar surface area (TPSA) is 24.4 Å². The molecule has 2 unspecified atom stereocenters. The van der Waals surface area contributed by atoms with E-state index in [9.17, 15) is 0 Å². The van der Waals surface area contributed by atoms with Gasteiger partial charge in [0.15, 0.2) is 0 Å². The third kappa shape index (κ3) is 3.54. The highest BCUT2D eigenvalue weighted by atomic mass is 31.0. The predicted octanol–water partition coefficient (Wildman–Crippen LogP) is 3.85. The van der Waals surface area contributed by atoms with Crippen LogP contribution in [0.15, 0.2) is 59.2 Å². The summed E-state index contributed by atoms with van der Waals surface area (Å²) in [5, 5.41) is 3.41. The van der Waals surface area contributed by atoms with Crippen molar-refractivity contribution in [3.63, 3.8) is 0 Å². The van der Waals surface area contributed by atoms with Gasteiger partial charge in [0.1, 0.15) is 0 Å². The Labute approximate surface area is 111 Å². The first-order chi connectivity index (χ1) is 8.57. The molecular weight excluding hydrogens is 239 g/mol. The van der Waals surface area contributed by atoms with Crippen LogP contribution in [0.5, 0.6) is 0 Å². The summed E-state index contributed by atoms with van der Waals surface area (Å²) in [6.07, 6.45) is 8.28. The number of anilines is 1. The lowest BCUT2D eigenvalue weighted by atomic mass is 9.95. The fourth-order valence-electron chi connectivity index (χ4n) is 1.69. The van der Waals surface area contributed by atoms with E-state index in [1.165, 1.54) is 0 Å². The Morgan fingerprint density at radius 1 is 1.22 bits per heavy atom. The summed E-state index contributed by atoms with van der Waals surface area (Å²) < 4.78 is 0. The van der Waals surface area contributed by atoms with Gasteiger partial charge in [0.2, 0.25) is 0 Å². The Bertz CT molecular complexity index is 486. The molecule has 1 aromatic rings. The van der Waals surface area contributed by atoms with Crippen molar-refractivity contribution in [1.82, 2.24) is 0 Å². The van der Waals surface area contributed by atoms with Crippen LogP contribution < -0.4 is 5.32 Å². The molecule has 2 rings (SSSR count). The van der Waals surface area contributed by atoms with Gasteiger partial charge in [-0.1, -0.05) is 44.2 Å². The molecule has 0 aliphatic carbocycles. The molecule has 0 spiro atoms. The standard InChI is InChI=1S/C15H19N2P/c1-15(2)10-6-9-13(16-11-15)14(18)17-12-7-4-3-5-8-12/h3-11,14,17H,18H2,1-2H3. The molecule has 1 N–H and O–H groups in total. The second-order valence-corrected chi connectivity index (χ2v) is 5.68. The van der Waals surface area contributed by atoms with Gasteiger partial charge in [0.05, 0.1) is 11.5 Å². The first kappa shape index (κ1) is 13.0. The lowest BCUT2D eigenvalue weighted by molar-refractivity contribution is 0.694. The number of nitrogens with one attached hydrogen (secondary N) is 1. The van der Waals surface area contributed by atoms with E-state index >= 15 is 0 Å². The van der Waals surface area contributed by atoms with Gasteiger partial charge < -0.3 is 5.32 Å². The zero-order chi connectivity index (χ0) is 13.0. The van der Waals surface area contributed by atoms with E-state index in [0.29, 0.717) is 0 Å². The molecule has 0 radical (unpaired) electrons. The summed E-state index contributed by atoms with van der Waals surface area (Å²) in [5.74, 6) is 0.113. The third-order valence-electron chi connectivity index (χ3n) is 2.75. The molecule has 0 saturated carbocycles. The quantitative estimate of drug-likeness (QED) is 0.818. The summed E-state index contributed by atoms with van der Waals surface area (Å²) >= 11 is 0. The van der Waals surface area contributed by atoms with Gasteiger partial charge in [0.25, 0.3) is 0 Å². The SMILES string of the molecule is CC1(C)C=CC=C(C(P)Nc2ccccc2)N=C1. The lowest BCUT2D eigenvalue weighted by Crippen LogP contribution is -2.14. The highest BCUT2D eigenvalue weighted by molar-refractivity contribution is 7.18. The molecule has 2 nitrogen and oxygen atoms in total. The predicted molar refractivity (Wildman–Crippen MR) is 83.1 cm³/mol. The van der Waals surface area contributed by atoms with Crippen LogP contribution in [-0.4, -0.2) is 12.0 Å². The van der Waals surface area contributed by atoms with Crippen LogP contribution in [0.1, 0.15) is 13.8 Å². The average Bonchev–Trinajstić information content (AvgIpc) is 2.51. The fourth-order valence-corrected chi connectivity index (χ4v) is 2.08. The van der Waals surface area contributed by atoms with Crippen LogP contribution in [0.25, 0.3) is 0 Å². The van der Waals surface area contributed by atoms with Gasteiger partial charge in [-0.05, 0) is 18.2 Å². The number of benzene rings is 1. The second-order valence-electron chi connectivity index (χ2n) is 5.02. The van der Waals surface area contributed by atoms with Crippen molar-refractivity contribution < 1.29 is 0 Å². The summed E-state index contributed by atoms with van der Waals surface area (Å²) in [4.78, 5) is 4.56. The third-order valence-corrected chi connectivity index (χ3v) is 3.26. The van der Waals surface area contributed by atoms with E-state index in [1.54, 1.807) is 0 Å². The summed E-state index contributed by atoms with van der Waals surface area (Å²) in [6.45, 7) is 4.29. The summed E-state index contributed by atoms with van der Waals surface area (Å²) in [6, 6.07) is 10.2. The van der Waals surface area contributed by atoms with Gasteiger partial charge in [-0.15, -0.1) is 9.24 Å². The minimum atomic E-state index is 0.0232. The van der Waals surface area contributed by atoms with Crippen LogP contribution >= 0.6 is 9.24 Å². The number of rotatable bonds is 3. The smallest absolute Gasteiger partial charge is 0.0822 e. The molecule has 0 fully saturated rings. The maximum absolute atomic E-state index is 4.56. The maximum atomic E-state index is 4.56. The number of hydrogen-bond acceptors (Lipinski definition) is 2. The fraction of sp³-hybridized carbons (Fsp3) is 0.267. The van der Waals surface area contributed by atoms with E-state index < -0.39 is 0 Å². The largest absolute Gasteiger partial charge is 0.373 e. The maximum Gasteiger partial charge on any atom is 0.0822 e. The molecule has 0 aromatic heterocycles. The molecule has 0 saturated heterocycles. The van der Waals surface area contributed by atoms with Crippen molar-refractivity contribution >= 4 is 21.1 Å².